The fraction of sp³-hybridized carbons (Fsp3) is 0.423. The summed E-state index contributed by atoms with van der Waals surface area (Å²) in [5, 5.41) is 2.66. The summed E-state index contributed by atoms with van der Waals surface area (Å²) in [5.74, 6) is -1.83. The van der Waals surface area contributed by atoms with E-state index in [1.807, 2.05) is 0 Å². The van der Waals surface area contributed by atoms with Crippen LogP contribution >= 0.6 is 0 Å². The monoisotopic (exact) mass is 518 g/mol. The lowest BCUT2D eigenvalue weighted by molar-refractivity contribution is 0.0281. The largest absolute Gasteiger partial charge is 0.485 e. The highest BCUT2D eigenvalue weighted by Crippen LogP contribution is 2.26. The molecule has 2 atom stereocenters. The van der Waals surface area contributed by atoms with Crippen molar-refractivity contribution in [1.82, 2.24) is 19.6 Å². The summed E-state index contributed by atoms with van der Waals surface area (Å²) in [6.45, 7) is 7.91. The zero-order valence-corrected chi connectivity index (χ0v) is 21.3. The maximum absolute atomic E-state index is 14.7. The van der Waals surface area contributed by atoms with Gasteiger partial charge in [0.05, 0.1) is 23.8 Å². The Bertz CT molecular complexity index is 1330. The standard InChI is InChI=1S/C26H29F3N4O4/c1-14-9-21(36-13-16-17(27)7-6-8-18(16)28)23-30-15(2)22(33(23)10-14)24(34)31-20-12-32(11-19(20)29)25(35)37-26(3,4)5/h6-10,19-20H,11-13H2,1-5H3,(H,31,34). The Morgan fingerprint density at radius 2 is 1.84 bits per heavy atom. The maximum Gasteiger partial charge on any atom is 0.410 e. The van der Waals surface area contributed by atoms with Crippen LogP contribution in [-0.2, 0) is 11.3 Å². The number of aryl methyl sites for hydroxylation is 2. The fourth-order valence-electron chi connectivity index (χ4n) is 4.17. The summed E-state index contributed by atoms with van der Waals surface area (Å²) in [6, 6.07) is 4.26. The number of alkyl halides is 1. The Kier molecular flexibility index (Phi) is 7.07. The van der Waals surface area contributed by atoms with Crippen LogP contribution in [0.25, 0.3) is 5.65 Å². The van der Waals surface area contributed by atoms with E-state index in [4.69, 9.17) is 9.47 Å². The number of pyridine rings is 1. The average Bonchev–Trinajstić information content (AvgIpc) is 3.31. The summed E-state index contributed by atoms with van der Waals surface area (Å²) >= 11 is 0. The molecule has 3 aromatic rings. The lowest BCUT2D eigenvalue weighted by Gasteiger charge is -2.24. The van der Waals surface area contributed by atoms with E-state index >= 15 is 0 Å². The molecule has 11 heteroatoms. The predicted molar refractivity (Wildman–Crippen MR) is 129 cm³/mol. The van der Waals surface area contributed by atoms with Crippen molar-refractivity contribution in [2.45, 2.75) is 59.0 Å². The van der Waals surface area contributed by atoms with Crippen LogP contribution in [0.1, 0.15) is 48.1 Å². The zero-order chi connectivity index (χ0) is 27.1. The van der Waals surface area contributed by atoms with Gasteiger partial charge in [0.25, 0.3) is 5.91 Å². The van der Waals surface area contributed by atoms with E-state index in [9.17, 15) is 22.8 Å². The first-order valence-electron chi connectivity index (χ1n) is 11.8. The topological polar surface area (TPSA) is 85.2 Å². The zero-order valence-electron chi connectivity index (χ0n) is 21.3. The SMILES string of the molecule is Cc1cc(OCc2c(F)cccc2F)c2nc(C)c(C(=O)NC3CN(C(=O)OC(C)(C)C)CC3F)n2c1. The number of carbonyl (C=O) groups excluding carboxylic acids is 2. The molecule has 37 heavy (non-hydrogen) atoms. The number of hydrogen-bond acceptors (Lipinski definition) is 5. The number of rotatable bonds is 5. The van der Waals surface area contributed by atoms with Crippen molar-refractivity contribution in [3.63, 3.8) is 0 Å². The molecule has 1 N–H and O–H groups in total. The van der Waals surface area contributed by atoms with Gasteiger partial charge in [0.15, 0.2) is 11.4 Å². The molecule has 1 aliphatic rings. The summed E-state index contributed by atoms with van der Waals surface area (Å²) in [7, 11) is 0. The summed E-state index contributed by atoms with van der Waals surface area (Å²) in [5.41, 5.74) is 0.513. The molecular weight excluding hydrogens is 489 g/mol. The first-order valence-corrected chi connectivity index (χ1v) is 11.8. The van der Waals surface area contributed by atoms with Crippen molar-refractivity contribution >= 4 is 17.6 Å². The van der Waals surface area contributed by atoms with Gasteiger partial charge >= 0.3 is 6.09 Å². The molecule has 2 amide bonds. The van der Waals surface area contributed by atoms with Gasteiger partial charge in [0, 0.05) is 12.7 Å². The molecule has 2 aromatic heterocycles. The van der Waals surface area contributed by atoms with Gasteiger partial charge in [-0.2, -0.15) is 0 Å². The number of ether oxygens (including phenoxy) is 2. The second-order valence-electron chi connectivity index (χ2n) is 10.1. The van der Waals surface area contributed by atoms with Crippen molar-refractivity contribution < 1.29 is 32.2 Å². The van der Waals surface area contributed by atoms with Gasteiger partial charge in [-0.1, -0.05) is 6.07 Å². The van der Waals surface area contributed by atoms with Crippen LogP contribution in [0.2, 0.25) is 0 Å². The van der Waals surface area contributed by atoms with E-state index in [2.05, 4.69) is 10.3 Å². The van der Waals surface area contributed by atoms with E-state index < -0.39 is 41.4 Å². The van der Waals surface area contributed by atoms with Gasteiger partial charge in [-0.3, -0.25) is 9.20 Å². The summed E-state index contributed by atoms with van der Waals surface area (Å²) < 4.78 is 55.3. The van der Waals surface area contributed by atoms with E-state index in [-0.39, 0.29) is 42.4 Å². The minimum Gasteiger partial charge on any atom is -0.485 e. The van der Waals surface area contributed by atoms with E-state index in [1.54, 1.807) is 46.9 Å². The molecular formula is C26H29F3N4O4. The van der Waals surface area contributed by atoms with Crippen LogP contribution < -0.4 is 10.1 Å². The van der Waals surface area contributed by atoms with Crippen LogP contribution in [0, 0.1) is 25.5 Å². The predicted octanol–water partition coefficient (Wildman–Crippen LogP) is 4.50. The highest BCUT2D eigenvalue weighted by Gasteiger charge is 2.39. The summed E-state index contributed by atoms with van der Waals surface area (Å²) in [4.78, 5) is 31.2. The number of carbonyl (C=O) groups is 2. The van der Waals surface area contributed by atoms with Crippen LogP contribution in [0.15, 0.2) is 30.5 Å². The maximum atomic E-state index is 14.7. The van der Waals surface area contributed by atoms with E-state index in [1.165, 1.54) is 15.4 Å². The third kappa shape index (κ3) is 5.65. The number of amides is 2. The van der Waals surface area contributed by atoms with Crippen molar-refractivity contribution in [1.29, 1.82) is 0 Å². The fourth-order valence-corrected chi connectivity index (χ4v) is 4.17. The highest BCUT2D eigenvalue weighted by molar-refractivity contribution is 5.95. The van der Waals surface area contributed by atoms with Crippen molar-refractivity contribution in [2.24, 2.45) is 0 Å². The molecule has 198 valence electrons. The molecule has 0 radical (unpaired) electrons. The normalized spacial score (nSPS) is 17.8. The second kappa shape index (κ2) is 9.95. The molecule has 8 nitrogen and oxygen atoms in total. The smallest absolute Gasteiger partial charge is 0.410 e. The third-order valence-corrected chi connectivity index (χ3v) is 5.86. The molecule has 0 bridgehead atoms. The van der Waals surface area contributed by atoms with Crippen molar-refractivity contribution in [3.05, 3.63) is 64.6 Å². The second-order valence-corrected chi connectivity index (χ2v) is 10.1. The Labute approximate surface area is 212 Å². The molecule has 0 saturated carbocycles. The number of fused-ring (bicyclic) bond motifs is 1. The lowest BCUT2D eigenvalue weighted by Crippen LogP contribution is -2.42. The molecule has 0 spiro atoms. The van der Waals surface area contributed by atoms with Gasteiger partial charge in [-0.15, -0.1) is 0 Å². The molecule has 2 unspecified atom stereocenters. The van der Waals surface area contributed by atoms with Gasteiger partial charge in [-0.25, -0.2) is 22.9 Å². The number of imidazole rings is 1. The minimum atomic E-state index is -1.48. The molecule has 4 rings (SSSR count). The van der Waals surface area contributed by atoms with Crippen LogP contribution in [0.5, 0.6) is 5.75 Å². The molecule has 1 aliphatic heterocycles. The number of aromatic nitrogens is 2. The molecule has 1 fully saturated rings. The number of nitrogens with one attached hydrogen (secondary N) is 1. The average molecular weight is 519 g/mol. The van der Waals surface area contributed by atoms with E-state index in [0.29, 0.717) is 11.3 Å². The molecule has 1 aromatic carbocycles. The highest BCUT2D eigenvalue weighted by atomic mass is 19.1. The number of likely N-dealkylation sites (tertiary alicyclic amines) is 1. The molecule has 1 saturated heterocycles. The third-order valence-electron chi connectivity index (χ3n) is 5.86. The Morgan fingerprint density at radius 3 is 2.49 bits per heavy atom. The number of hydrogen-bond donors (Lipinski definition) is 1. The minimum absolute atomic E-state index is 0.0425. The van der Waals surface area contributed by atoms with Gasteiger partial charge in [-0.05, 0) is 58.4 Å². The van der Waals surface area contributed by atoms with Crippen molar-refractivity contribution in [3.8, 4) is 5.75 Å². The lowest BCUT2D eigenvalue weighted by atomic mass is 10.2. The van der Waals surface area contributed by atoms with Gasteiger partial charge in [0.1, 0.15) is 35.7 Å². The number of benzene rings is 1. The molecule has 0 aliphatic carbocycles. The number of halogens is 3. The first kappa shape index (κ1) is 26.3. The van der Waals surface area contributed by atoms with Crippen LogP contribution in [-0.4, -0.2) is 57.2 Å². The Hall–Kier alpha value is -3.76. The van der Waals surface area contributed by atoms with Gasteiger partial charge < -0.3 is 19.7 Å². The van der Waals surface area contributed by atoms with Gasteiger partial charge in [0.2, 0.25) is 0 Å². The Morgan fingerprint density at radius 1 is 1.16 bits per heavy atom. The quantitative estimate of drug-likeness (QED) is 0.538. The van der Waals surface area contributed by atoms with E-state index in [0.717, 1.165) is 12.1 Å². The van der Waals surface area contributed by atoms with Crippen molar-refractivity contribution in [2.75, 3.05) is 13.1 Å². The molecule has 3 heterocycles. The van der Waals surface area contributed by atoms with Crippen LogP contribution in [0.4, 0.5) is 18.0 Å². The Balaban J connectivity index is 1.55. The summed E-state index contributed by atoms with van der Waals surface area (Å²) in [6.07, 6.45) is -0.469. The van der Waals surface area contributed by atoms with Crippen LogP contribution in [0.3, 0.4) is 0 Å². The number of nitrogens with zero attached hydrogens (tertiary/aromatic N) is 3. The first-order chi connectivity index (χ1) is 17.3.